The number of piperazine rings is 1. The van der Waals surface area contributed by atoms with E-state index in [9.17, 15) is 14.0 Å². The molecular weight excluding hydrogens is 413 g/mol. The van der Waals surface area contributed by atoms with Gasteiger partial charge in [0.05, 0.1) is 11.0 Å². The Morgan fingerprint density at radius 1 is 1.06 bits per heavy atom. The lowest BCUT2D eigenvalue weighted by molar-refractivity contribution is -0.131. The van der Waals surface area contributed by atoms with E-state index in [1.165, 1.54) is 41.6 Å². The Kier molecular flexibility index (Phi) is 8.67. The lowest BCUT2D eigenvalue weighted by Crippen LogP contribution is -2.50. The predicted octanol–water partition coefficient (Wildman–Crippen LogP) is 3.74. The minimum absolute atomic E-state index is 0.0686. The molecule has 7 heteroatoms. The highest BCUT2D eigenvalue weighted by Crippen LogP contribution is 2.16. The van der Waals surface area contributed by atoms with Gasteiger partial charge in [-0.15, -0.1) is 11.8 Å². The van der Waals surface area contributed by atoms with Crippen LogP contribution in [0.4, 0.5) is 10.1 Å². The molecule has 1 saturated heterocycles. The Bertz CT molecular complexity index is 881. The van der Waals surface area contributed by atoms with Gasteiger partial charge < -0.3 is 10.2 Å². The summed E-state index contributed by atoms with van der Waals surface area (Å²) in [7, 11) is 0. The first-order chi connectivity index (χ1) is 15.0. The molecule has 2 aromatic rings. The maximum absolute atomic E-state index is 12.9. The maximum atomic E-state index is 12.9. The van der Waals surface area contributed by atoms with Crippen molar-refractivity contribution in [2.24, 2.45) is 0 Å². The van der Waals surface area contributed by atoms with Crippen molar-refractivity contribution in [3.8, 4) is 0 Å². The Morgan fingerprint density at radius 3 is 2.42 bits per heavy atom. The van der Waals surface area contributed by atoms with Crippen LogP contribution in [-0.4, -0.2) is 65.3 Å². The van der Waals surface area contributed by atoms with Crippen LogP contribution in [-0.2, 0) is 9.59 Å². The van der Waals surface area contributed by atoms with Gasteiger partial charge in [-0.1, -0.05) is 42.5 Å². The normalized spacial score (nSPS) is 15.7. The summed E-state index contributed by atoms with van der Waals surface area (Å²) in [4.78, 5) is 29.0. The Morgan fingerprint density at radius 2 is 1.74 bits per heavy atom. The highest BCUT2D eigenvalue weighted by molar-refractivity contribution is 8.01. The highest BCUT2D eigenvalue weighted by atomic mass is 32.2. The quantitative estimate of drug-likeness (QED) is 0.678. The van der Waals surface area contributed by atoms with Crippen LogP contribution in [0.25, 0.3) is 6.08 Å². The Hall–Kier alpha value is -2.64. The number of thioether (sulfide) groups is 1. The lowest BCUT2D eigenvalue weighted by Gasteiger charge is -2.35. The van der Waals surface area contributed by atoms with Crippen LogP contribution >= 0.6 is 11.8 Å². The van der Waals surface area contributed by atoms with E-state index < -0.39 is 0 Å². The van der Waals surface area contributed by atoms with Gasteiger partial charge in [-0.25, -0.2) is 4.39 Å². The topological polar surface area (TPSA) is 52.7 Å². The fourth-order valence-corrected chi connectivity index (χ4v) is 4.08. The van der Waals surface area contributed by atoms with Crippen molar-refractivity contribution in [2.75, 3.05) is 43.8 Å². The summed E-state index contributed by atoms with van der Waals surface area (Å²) in [6.45, 7) is 5.79. The zero-order valence-electron chi connectivity index (χ0n) is 17.7. The molecule has 1 aliphatic rings. The van der Waals surface area contributed by atoms with Crippen molar-refractivity contribution in [3.05, 3.63) is 72.1 Å². The van der Waals surface area contributed by atoms with E-state index in [0.29, 0.717) is 18.8 Å². The number of benzene rings is 2. The molecule has 0 aromatic heterocycles. The van der Waals surface area contributed by atoms with Crippen molar-refractivity contribution in [1.82, 2.24) is 9.80 Å². The largest absolute Gasteiger partial charge is 0.339 e. The van der Waals surface area contributed by atoms with Crippen LogP contribution in [0, 0.1) is 5.82 Å². The molecule has 1 unspecified atom stereocenters. The third kappa shape index (κ3) is 7.52. The molecule has 0 spiro atoms. The molecule has 0 radical (unpaired) electrons. The van der Waals surface area contributed by atoms with Gasteiger partial charge >= 0.3 is 0 Å². The van der Waals surface area contributed by atoms with Gasteiger partial charge in [-0.2, -0.15) is 0 Å². The predicted molar refractivity (Wildman–Crippen MR) is 125 cm³/mol. The van der Waals surface area contributed by atoms with Crippen LogP contribution in [0.15, 0.2) is 60.7 Å². The molecule has 2 amide bonds. The summed E-state index contributed by atoms with van der Waals surface area (Å²) in [6, 6.07) is 15.8. The fraction of sp³-hybridized carbons (Fsp3) is 0.333. The van der Waals surface area contributed by atoms with Crippen LogP contribution < -0.4 is 5.32 Å². The number of rotatable bonds is 8. The van der Waals surface area contributed by atoms with Gasteiger partial charge in [0.2, 0.25) is 11.8 Å². The zero-order valence-corrected chi connectivity index (χ0v) is 18.5. The first kappa shape index (κ1) is 23.0. The second-order valence-corrected chi connectivity index (χ2v) is 8.78. The fourth-order valence-electron chi connectivity index (χ4n) is 3.31. The Labute approximate surface area is 187 Å². The molecule has 2 aromatic carbocycles. The van der Waals surface area contributed by atoms with E-state index in [2.05, 4.69) is 34.5 Å². The van der Waals surface area contributed by atoms with Crippen molar-refractivity contribution in [1.29, 1.82) is 0 Å². The lowest BCUT2D eigenvalue weighted by atomic mass is 10.2. The number of carbonyl (C=O) groups is 2. The van der Waals surface area contributed by atoms with Crippen LogP contribution in [0.3, 0.4) is 0 Å². The molecule has 1 N–H and O–H groups in total. The molecular formula is C24H28FN3O2S. The molecule has 0 aliphatic carbocycles. The SMILES string of the molecule is CC(SCC(=O)Nc1ccc(F)cc1)C(=O)N1CCN(CC=Cc2ccccc2)CC1. The van der Waals surface area contributed by atoms with E-state index in [4.69, 9.17) is 0 Å². The summed E-state index contributed by atoms with van der Waals surface area (Å²) < 4.78 is 12.9. The van der Waals surface area contributed by atoms with Gasteiger partial charge in [0, 0.05) is 38.4 Å². The highest BCUT2D eigenvalue weighted by Gasteiger charge is 2.25. The third-order valence-corrected chi connectivity index (χ3v) is 6.23. The number of hydrogen-bond acceptors (Lipinski definition) is 4. The van der Waals surface area contributed by atoms with Gasteiger partial charge in [0.25, 0.3) is 0 Å². The summed E-state index contributed by atoms with van der Waals surface area (Å²) in [5.41, 5.74) is 1.73. The van der Waals surface area contributed by atoms with Gasteiger partial charge in [-0.05, 0) is 36.8 Å². The summed E-state index contributed by atoms with van der Waals surface area (Å²) >= 11 is 1.32. The van der Waals surface area contributed by atoms with E-state index >= 15 is 0 Å². The number of nitrogens with zero attached hydrogens (tertiary/aromatic N) is 2. The molecule has 1 aliphatic heterocycles. The van der Waals surface area contributed by atoms with E-state index in [0.717, 1.165) is 19.6 Å². The standard InChI is InChI=1S/C24H28FN3O2S/c1-19(31-18-23(29)26-22-11-9-21(25)10-12-22)24(30)28-16-14-27(15-17-28)13-5-8-20-6-3-2-4-7-20/h2-12,19H,13-18H2,1H3,(H,26,29). The molecule has 31 heavy (non-hydrogen) atoms. The number of halogens is 1. The molecule has 0 saturated carbocycles. The van der Waals surface area contributed by atoms with Crippen LogP contribution in [0.5, 0.6) is 0 Å². The van der Waals surface area contributed by atoms with E-state index in [1.54, 1.807) is 0 Å². The smallest absolute Gasteiger partial charge is 0.235 e. The maximum Gasteiger partial charge on any atom is 0.235 e. The first-order valence-corrected chi connectivity index (χ1v) is 11.5. The van der Waals surface area contributed by atoms with E-state index in [1.807, 2.05) is 30.0 Å². The van der Waals surface area contributed by atoms with Crippen LogP contribution in [0.1, 0.15) is 12.5 Å². The second kappa shape index (κ2) is 11.7. The number of nitrogens with one attached hydrogen (secondary N) is 1. The molecule has 1 heterocycles. The number of carbonyl (C=O) groups excluding carboxylic acids is 2. The summed E-state index contributed by atoms with van der Waals surface area (Å²) in [6.07, 6.45) is 4.28. The second-order valence-electron chi connectivity index (χ2n) is 7.45. The summed E-state index contributed by atoms with van der Waals surface area (Å²) in [5.74, 6) is -0.307. The van der Waals surface area contributed by atoms with Crippen molar-refractivity contribution >= 4 is 35.3 Å². The number of hydrogen-bond donors (Lipinski definition) is 1. The Balaban J connectivity index is 1.36. The van der Waals surface area contributed by atoms with Crippen molar-refractivity contribution < 1.29 is 14.0 Å². The zero-order chi connectivity index (χ0) is 22.1. The van der Waals surface area contributed by atoms with Crippen molar-refractivity contribution in [3.63, 3.8) is 0 Å². The molecule has 1 fully saturated rings. The molecule has 3 rings (SSSR count). The van der Waals surface area contributed by atoms with Gasteiger partial charge in [-0.3, -0.25) is 14.5 Å². The number of anilines is 1. The third-order valence-electron chi connectivity index (χ3n) is 5.10. The monoisotopic (exact) mass is 441 g/mol. The number of amides is 2. The molecule has 164 valence electrons. The average molecular weight is 442 g/mol. The molecule has 0 bridgehead atoms. The summed E-state index contributed by atoms with van der Waals surface area (Å²) in [5, 5.41) is 2.43. The van der Waals surface area contributed by atoms with E-state index in [-0.39, 0.29) is 28.6 Å². The average Bonchev–Trinajstić information content (AvgIpc) is 2.80. The molecule has 1 atom stereocenters. The minimum atomic E-state index is -0.348. The van der Waals surface area contributed by atoms with Gasteiger partial charge in [0.15, 0.2) is 0 Å². The minimum Gasteiger partial charge on any atom is -0.339 e. The van der Waals surface area contributed by atoms with Gasteiger partial charge in [0.1, 0.15) is 5.82 Å². The first-order valence-electron chi connectivity index (χ1n) is 10.4. The molecule has 5 nitrogen and oxygen atoms in total. The van der Waals surface area contributed by atoms with Crippen LogP contribution in [0.2, 0.25) is 0 Å². The van der Waals surface area contributed by atoms with Crippen molar-refractivity contribution in [2.45, 2.75) is 12.2 Å².